The number of nitrogens with one attached hydrogen (secondary N) is 1. The Morgan fingerprint density at radius 3 is 2.52 bits per heavy atom. The van der Waals surface area contributed by atoms with Crippen LogP contribution in [0.5, 0.6) is 0 Å². The summed E-state index contributed by atoms with van der Waals surface area (Å²) in [6.07, 6.45) is 2.29. The number of benzene rings is 1. The van der Waals surface area contributed by atoms with Gasteiger partial charge in [0, 0.05) is 11.9 Å². The van der Waals surface area contributed by atoms with E-state index in [9.17, 15) is 9.59 Å². The van der Waals surface area contributed by atoms with Gasteiger partial charge in [-0.25, -0.2) is 9.78 Å². The maximum atomic E-state index is 11.9. The van der Waals surface area contributed by atoms with Crippen molar-refractivity contribution in [3.05, 3.63) is 57.8 Å². The highest BCUT2D eigenvalue weighted by atomic mass is 35.5. The van der Waals surface area contributed by atoms with Crippen molar-refractivity contribution in [1.82, 2.24) is 4.98 Å². The van der Waals surface area contributed by atoms with Crippen molar-refractivity contribution in [2.45, 2.75) is 26.2 Å². The van der Waals surface area contributed by atoms with Crippen molar-refractivity contribution in [3.8, 4) is 0 Å². The van der Waals surface area contributed by atoms with Crippen molar-refractivity contribution in [2.75, 3.05) is 11.9 Å². The molecule has 1 N–H and O–H groups in total. The fourth-order valence-corrected chi connectivity index (χ4v) is 2.34. The molecule has 132 valence electrons. The molecule has 0 saturated heterocycles. The Labute approximate surface area is 156 Å². The van der Waals surface area contributed by atoms with E-state index in [4.69, 9.17) is 27.9 Å². The van der Waals surface area contributed by atoms with E-state index in [1.165, 1.54) is 17.8 Å². The minimum absolute atomic E-state index is 0.0943. The van der Waals surface area contributed by atoms with Crippen molar-refractivity contribution in [2.24, 2.45) is 0 Å². The largest absolute Gasteiger partial charge is 0.452 e. The van der Waals surface area contributed by atoms with Gasteiger partial charge < -0.3 is 10.1 Å². The van der Waals surface area contributed by atoms with Crippen LogP contribution in [-0.4, -0.2) is 23.5 Å². The number of hydrogen-bond donors (Lipinski definition) is 1. The number of hydrogen-bond acceptors (Lipinski definition) is 4. The molecule has 7 heteroatoms. The molecule has 0 unspecified atom stereocenters. The van der Waals surface area contributed by atoms with E-state index in [-0.39, 0.29) is 15.7 Å². The number of pyridine rings is 1. The number of anilines is 1. The van der Waals surface area contributed by atoms with Crippen LogP contribution in [0.25, 0.3) is 0 Å². The molecule has 0 fully saturated rings. The molecule has 0 aliphatic heterocycles. The lowest BCUT2D eigenvalue weighted by molar-refractivity contribution is -0.119. The quantitative estimate of drug-likeness (QED) is 0.582. The molecule has 5 nitrogen and oxygen atoms in total. The third-order valence-corrected chi connectivity index (χ3v) is 4.43. The highest BCUT2D eigenvalue weighted by Crippen LogP contribution is 2.21. The average Bonchev–Trinajstić information content (AvgIpc) is 2.62. The lowest BCUT2D eigenvalue weighted by Crippen LogP contribution is -2.21. The summed E-state index contributed by atoms with van der Waals surface area (Å²) in [5.41, 5.74) is 1.98. The fourth-order valence-electron chi connectivity index (χ4n) is 2.08. The molecular formula is C18H18Cl2N2O3. The van der Waals surface area contributed by atoms with E-state index in [0.29, 0.717) is 11.6 Å². The smallest absolute Gasteiger partial charge is 0.340 e. The summed E-state index contributed by atoms with van der Waals surface area (Å²) in [5.74, 6) is -0.670. The molecule has 0 radical (unpaired) electrons. The highest BCUT2D eigenvalue weighted by molar-refractivity contribution is 6.41. The van der Waals surface area contributed by atoms with Crippen LogP contribution in [0.1, 0.15) is 42.1 Å². The molecule has 0 spiro atoms. The maximum absolute atomic E-state index is 11.9. The SMILES string of the molecule is CC[C@H](C)c1ccc(NC(=O)COC(=O)c2cnc(Cl)c(Cl)c2)cc1. The lowest BCUT2D eigenvalue weighted by Gasteiger charge is -2.10. The first-order valence-electron chi connectivity index (χ1n) is 7.78. The van der Waals surface area contributed by atoms with E-state index in [1.807, 2.05) is 24.3 Å². The van der Waals surface area contributed by atoms with Gasteiger partial charge in [-0.1, -0.05) is 49.2 Å². The highest BCUT2D eigenvalue weighted by Gasteiger charge is 2.13. The molecule has 1 atom stereocenters. The van der Waals surface area contributed by atoms with Crippen molar-refractivity contribution < 1.29 is 14.3 Å². The zero-order valence-electron chi connectivity index (χ0n) is 13.9. The zero-order valence-corrected chi connectivity index (χ0v) is 15.4. The van der Waals surface area contributed by atoms with Gasteiger partial charge in [-0.15, -0.1) is 0 Å². The van der Waals surface area contributed by atoms with Crippen LogP contribution in [-0.2, 0) is 9.53 Å². The summed E-state index contributed by atoms with van der Waals surface area (Å²) in [4.78, 5) is 27.5. The second kappa shape index (κ2) is 8.83. The number of aromatic nitrogens is 1. The summed E-state index contributed by atoms with van der Waals surface area (Å²) >= 11 is 11.5. The molecular weight excluding hydrogens is 363 g/mol. The van der Waals surface area contributed by atoms with E-state index in [2.05, 4.69) is 24.1 Å². The first kappa shape index (κ1) is 19.2. The van der Waals surface area contributed by atoms with Gasteiger partial charge in [-0.3, -0.25) is 4.79 Å². The van der Waals surface area contributed by atoms with Crippen LogP contribution in [0.15, 0.2) is 36.5 Å². The molecule has 2 rings (SSSR count). The molecule has 2 aromatic rings. The number of ether oxygens (including phenoxy) is 1. The number of halogens is 2. The first-order valence-corrected chi connectivity index (χ1v) is 8.54. The summed E-state index contributed by atoms with van der Waals surface area (Å²) in [5, 5.41) is 2.91. The maximum Gasteiger partial charge on any atom is 0.340 e. The molecule has 1 aromatic carbocycles. The van der Waals surface area contributed by atoms with Crippen molar-refractivity contribution in [1.29, 1.82) is 0 Å². The second-order valence-electron chi connectivity index (χ2n) is 5.55. The number of esters is 1. The summed E-state index contributed by atoms with van der Waals surface area (Å²) < 4.78 is 4.94. The van der Waals surface area contributed by atoms with Gasteiger partial charge in [-0.2, -0.15) is 0 Å². The second-order valence-corrected chi connectivity index (χ2v) is 6.32. The van der Waals surface area contributed by atoms with Crippen LogP contribution < -0.4 is 5.32 Å². The minimum atomic E-state index is -0.701. The molecule has 1 aromatic heterocycles. The van der Waals surface area contributed by atoms with Gasteiger partial charge in [0.2, 0.25) is 0 Å². The van der Waals surface area contributed by atoms with Crippen LogP contribution in [0.3, 0.4) is 0 Å². The van der Waals surface area contributed by atoms with Crippen LogP contribution in [0.4, 0.5) is 5.69 Å². The molecule has 0 aliphatic carbocycles. The Morgan fingerprint density at radius 2 is 1.92 bits per heavy atom. The van der Waals surface area contributed by atoms with Gasteiger partial charge in [0.05, 0.1) is 10.6 Å². The summed E-state index contributed by atoms with van der Waals surface area (Å²) in [6, 6.07) is 8.92. The normalized spacial score (nSPS) is 11.7. The topological polar surface area (TPSA) is 68.3 Å². The number of rotatable bonds is 6. The van der Waals surface area contributed by atoms with Crippen molar-refractivity contribution >= 4 is 40.8 Å². The Kier molecular flexibility index (Phi) is 6.79. The van der Waals surface area contributed by atoms with Crippen LogP contribution in [0, 0.1) is 0 Å². The third-order valence-electron chi connectivity index (χ3n) is 3.74. The van der Waals surface area contributed by atoms with E-state index >= 15 is 0 Å². The van der Waals surface area contributed by atoms with Gasteiger partial charge in [0.1, 0.15) is 5.15 Å². The molecule has 0 bridgehead atoms. The first-order chi connectivity index (χ1) is 11.9. The van der Waals surface area contributed by atoms with Gasteiger partial charge in [-0.05, 0) is 36.1 Å². The van der Waals surface area contributed by atoms with E-state index < -0.39 is 18.5 Å². The zero-order chi connectivity index (χ0) is 18.4. The summed E-state index contributed by atoms with van der Waals surface area (Å²) in [7, 11) is 0. The van der Waals surface area contributed by atoms with Gasteiger partial charge >= 0.3 is 5.97 Å². The molecule has 1 amide bonds. The average molecular weight is 381 g/mol. The number of amides is 1. The van der Waals surface area contributed by atoms with Crippen LogP contribution >= 0.6 is 23.2 Å². The molecule has 0 saturated carbocycles. The van der Waals surface area contributed by atoms with E-state index in [0.717, 1.165) is 6.42 Å². The van der Waals surface area contributed by atoms with Crippen molar-refractivity contribution in [3.63, 3.8) is 0 Å². The van der Waals surface area contributed by atoms with Gasteiger partial charge in [0.15, 0.2) is 6.61 Å². The van der Waals surface area contributed by atoms with Gasteiger partial charge in [0.25, 0.3) is 5.91 Å². The molecule has 0 aliphatic rings. The number of carbonyl (C=O) groups is 2. The van der Waals surface area contributed by atoms with Crippen LogP contribution in [0.2, 0.25) is 10.2 Å². The Balaban J connectivity index is 1.87. The Bertz CT molecular complexity index is 763. The lowest BCUT2D eigenvalue weighted by atomic mass is 9.99. The monoisotopic (exact) mass is 380 g/mol. The third kappa shape index (κ3) is 5.44. The Hall–Kier alpha value is -2.11. The number of carbonyl (C=O) groups excluding carboxylic acids is 2. The molecule has 1 heterocycles. The summed E-state index contributed by atoms with van der Waals surface area (Å²) in [6.45, 7) is 3.86. The molecule has 25 heavy (non-hydrogen) atoms. The Morgan fingerprint density at radius 1 is 1.24 bits per heavy atom. The predicted molar refractivity (Wildman–Crippen MR) is 98.3 cm³/mol. The predicted octanol–water partition coefficient (Wildman–Crippen LogP) is 4.70. The van der Waals surface area contributed by atoms with E-state index in [1.54, 1.807) is 0 Å². The fraction of sp³-hybridized carbons (Fsp3) is 0.278. The minimum Gasteiger partial charge on any atom is -0.452 e. The standard InChI is InChI=1S/C18H18Cl2N2O3/c1-3-11(2)12-4-6-14(7-5-12)22-16(23)10-25-18(24)13-8-15(19)17(20)21-9-13/h4-9,11H,3,10H2,1-2H3,(H,22,23)/t11-/m0/s1. The number of nitrogens with zero attached hydrogens (tertiary/aromatic N) is 1.